The fraction of sp³-hybridized carbons (Fsp3) is 0.400. The Morgan fingerprint density at radius 2 is 2.14 bits per heavy atom. The van der Waals surface area contributed by atoms with Gasteiger partial charge in [0.05, 0.1) is 16.1 Å². The number of nitrogens with one attached hydrogen (secondary N) is 1. The van der Waals surface area contributed by atoms with Crippen molar-refractivity contribution in [2.45, 2.75) is 25.8 Å². The highest BCUT2D eigenvalue weighted by Crippen LogP contribution is 2.27. The molecule has 0 radical (unpaired) electrons. The number of urea groups is 1. The molecule has 0 unspecified atom stereocenters. The first-order chi connectivity index (χ1) is 10.5. The molecule has 6 nitrogen and oxygen atoms in total. The molecule has 3 N–H and O–H groups in total. The van der Waals surface area contributed by atoms with E-state index in [-0.39, 0.29) is 23.9 Å². The van der Waals surface area contributed by atoms with Crippen LogP contribution < -0.4 is 11.1 Å². The van der Waals surface area contributed by atoms with Crippen molar-refractivity contribution >= 4 is 38.6 Å². The topological polar surface area (TPSA) is 88.3 Å². The lowest BCUT2D eigenvalue weighted by Crippen LogP contribution is -2.50. The number of aromatic nitrogens is 1. The molecule has 22 heavy (non-hydrogen) atoms. The third-order valence-electron chi connectivity index (χ3n) is 4.05. The Kier molecular flexibility index (Phi) is 3.98. The standard InChI is InChI=1S/C15H18N4O2S/c1-9-6-7-10(13(16)20)8-19(9)15(21)18-14-17-11-4-2-3-5-12(11)22-14/h2-5,9-10H,6-8H2,1H3,(H2,16,20)(H,17,18,21)/t9-,10-/m1/s1. The van der Waals surface area contributed by atoms with Crippen LogP contribution in [0.3, 0.4) is 0 Å². The number of carbonyl (C=O) groups excluding carboxylic acids is 2. The maximum atomic E-state index is 12.5. The highest BCUT2D eigenvalue weighted by atomic mass is 32.1. The largest absolute Gasteiger partial charge is 0.369 e. The summed E-state index contributed by atoms with van der Waals surface area (Å²) in [5, 5.41) is 3.40. The minimum atomic E-state index is -0.343. The number of amides is 3. The number of thiazole rings is 1. The Morgan fingerprint density at radius 3 is 2.86 bits per heavy atom. The lowest BCUT2D eigenvalue weighted by atomic mass is 9.93. The Balaban J connectivity index is 1.73. The highest BCUT2D eigenvalue weighted by Gasteiger charge is 2.31. The Morgan fingerprint density at radius 1 is 1.36 bits per heavy atom. The summed E-state index contributed by atoms with van der Waals surface area (Å²) in [6.07, 6.45) is 1.52. The fourth-order valence-electron chi connectivity index (χ4n) is 2.71. The van der Waals surface area contributed by atoms with Gasteiger partial charge in [0, 0.05) is 12.6 Å². The summed E-state index contributed by atoms with van der Waals surface area (Å²) in [7, 11) is 0. The summed E-state index contributed by atoms with van der Waals surface area (Å²) in [6, 6.07) is 7.60. The first-order valence-electron chi connectivity index (χ1n) is 7.27. The predicted octanol–water partition coefficient (Wildman–Crippen LogP) is 2.41. The monoisotopic (exact) mass is 318 g/mol. The zero-order valence-electron chi connectivity index (χ0n) is 12.3. The van der Waals surface area contributed by atoms with Crippen molar-refractivity contribution in [3.05, 3.63) is 24.3 Å². The molecule has 0 saturated carbocycles. The van der Waals surface area contributed by atoms with Gasteiger partial charge in [-0.05, 0) is 31.9 Å². The average molecular weight is 318 g/mol. The Bertz CT molecular complexity index is 681. The molecule has 1 aliphatic heterocycles. The minimum Gasteiger partial charge on any atom is -0.369 e. The molecular weight excluding hydrogens is 300 g/mol. The second kappa shape index (κ2) is 5.92. The van der Waals surface area contributed by atoms with Gasteiger partial charge in [0.1, 0.15) is 0 Å². The van der Waals surface area contributed by atoms with Crippen LogP contribution in [0.15, 0.2) is 24.3 Å². The molecule has 0 spiro atoms. The smallest absolute Gasteiger partial charge is 0.323 e. The number of nitrogens with two attached hydrogens (primary N) is 1. The molecule has 1 aliphatic rings. The summed E-state index contributed by atoms with van der Waals surface area (Å²) in [5.74, 6) is -0.609. The number of para-hydroxylation sites is 1. The van der Waals surface area contributed by atoms with Gasteiger partial charge in [0.25, 0.3) is 0 Å². The van der Waals surface area contributed by atoms with Gasteiger partial charge in [-0.1, -0.05) is 23.5 Å². The lowest BCUT2D eigenvalue weighted by Gasteiger charge is -2.36. The first-order valence-corrected chi connectivity index (χ1v) is 8.09. The van der Waals surface area contributed by atoms with Gasteiger partial charge in [-0.3, -0.25) is 10.1 Å². The summed E-state index contributed by atoms with van der Waals surface area (Å²) >= 11 is 1.44. The van der Waals surface area contributed by atoms with E-state index < -0.39 is 0 Å². The number of benzene rings is 1. The maximum absolute atomic E-state index is 12.5. The summed E-state index contributed by atoms with van der Waals surface area (Å²) in [4.78, 5) is 29.9. The summed E-state index contributed by atoms with van der Waals surface area (Å²) in [6.45, 7) is 2.35. The van der Waals surface area contributed by atoms with Crippen molar-refractivity contribution in [3.8, 4) is 0 Å². The van der Waals surface area contributed by atoms with E-state index in [9.17, 15) is 9.59 Å². The second-order valence-electron chi connectivity index (χ2n) is 5.59. The minimum absolute atomic E-state index is 0.0879. The maximum Gasteiger partial charge on any atom is 0.323 e. The normalized spacial score (nSPS) is 21.8. The van der Waals surface area contributed by atoms with Crippen LogP contribution >= 0.6 is 11.3 Å². The third-order valence-corrected chi connectivity index (χ3v) is 5.00. The second-order valence-corrected chi connectivity index (χ2v) is 6.63. The van der Waals surface area contributed by atoms with E-state index in [1.165, 1.54) is 11.3 Å². The summed E-state index contributed by atoms with van der Waals surface area (Å²) < 4.78 is 1.03. The van der Waals surface area contributed by atoms with E-state index in [1.807, 2.05) is 31.2 Å². The van der Waals surface area contributed by atoms with Crippen molar-refractivity contribution in [1.29, 1.82) is 0 Å². The van der Waals surface area contributed by atoms with Gasteiger partial charge in [-0.2, -0.15) is 0 Å². The molecule has 116 valence electrons. The van der Waals surface area contributed by atoms with Crippen molar-refractivity contribution in [2.24, 2.45) is 11.7 Å². The number of anilines is 1. The lowest BCUT2D eigenvalue weighted by molar-refractivity contribution is -0.123. The fourth-order valence-corrected chi connectivity index (χ4v) is 3.57. The average Bonchev–Trinajstić information content (AvgIpc) is 2.89. The van der Waals surface area contributed by atoms with E-state index in [1.54, 1.807) is 4.90 Å². The molecular formula is C15H18N4O2S. The van der Waals surface area contributed by atoms with Gasteiger partial charge in [0.15, 0.2) is 5.13 Å². The van der Waals surface area contributed by atoms with Gasteiger partial charge in [-0.15, -0.1) is 0 Å². The van der Waals surface area contributed by atoms with Crippen molar-refractivity contribution < 1.29 is 9.59 Å². The van der Waals surface area contributed by atoms with Crippen LogP contribution in [0.2, 0.25) is 0 Å². The quantitative estimate of drug-likeness (QED) is 0.891. The first kappa shape index (κ1) is 14.8. The van der Waals surface area contributed by atoms with Crippen LogP contribution in [-0.4, -0.2) is 34.4 Å². The number of nitrogens with zero attached hydrogens (tertiary/aromatic N) is 2. The molecule has 2 heterocycles. The molecule has 1 saturated heterocycles. The number of likely N-dealkylation sites (tertiary alicyclic amines) is 1. The Hall–Kier alpha value is -2.15. The van der Waals surface area contributed by atoms with Crippen molar-refractivity contribution in [3.63, 3.8) is 0 Å². The Labute approximate surface area is 132 Å². The molecule has 3 amide bonds. The van der Waals surface area contributed by atoms with E-state index in [2.05, 4.69) is 10.3 Å². The number of hydrogen-bond acceptors (Lipinski definition) is 4. The van der Waals surface area contributed by atoms with E-state index >= 15 is 0 Å². The van der Waals surface area contributed by atoms with E-state index in [4.69, 9.17) is 5.73 Å². The van der Waals surface area contributed by atoms with Gasteiger partial charge >= 0.3 is 6.03 Å². The van der Waals surface area contributed by atoms with Crippen LogP contribution in [0.5, 0.6) is 0 Å². The molecule has 0 aliphatic carbocycles. The number of carbonyl (C=O) groups is 2. The third kappa shape index (κ3) is 2.89. The van der Waals surface area contributed by atoms with Gasteiger partial charge in [-0.25, -0.2) is 9.78 Å². The summed E-state index contributed by atoms with van der Waals surface area (Å²) in [5.41, 5.74) is 6.24. The molecule has 3 rings (SSSR count). The number of fused-ring (bicyclic) bond motifs is 1. The number of rotatable bonds is 2. The van der Waals surface area contributed by atoms with Gasteiger partial charge < -0.3 is 10.6 Å². The van der Waals surface area contributed by atoms with E-state index in [0.717, 1.165) is 23.1 Å². The van der Waals surface area contributed by atoms with Crippen LogP contribution in [0.1, 0.15) is 19.8 Å². The predicted molar refractivity (Wildman–Crippen MR) is 86.7 cm³/mol. The molecule has 1 aromatic heterocycles. The molecule has 2 atom stereocenters. The SMILES string of the molecule is C[C@@H]1CC[C@@H](C(N)=O)CN1C(=O)Nc1nc2ccccc2s1. The zero-order chi connectivity index (χ0) is 15.7. The van der Waals surface area contributed by atoms with Crippen LogP contribution in [0.25, 0.3) is 10.2 Å². The molecule has 0 bridgehead atoms. The number of piperidine rings is 1. The highest BCUT2D eigenvalue weighted by molar-refractivity contribution is 7.22. The zero-order valence-corrected chi connectivity index (χ0v) is 13.1. The molecule has 1 aromatic carbocycles. The van der Waals surface area contributed by atoms with Crippen molar-refractivity contribution in [2.75, 3.05) is 11.9 Å². The van der Waals surface area contributed by atoms with Crippen molar-refractivity contribution in [1.82, 2.24) is 9.88 Å². The van der Waals surface area contributed by atoms with Crippen LogP contribution in [0.4, 0.5) is 9.93 Å². The van der Waals surface area contributed by atoms with Crippen LogP contribution in [0, 0.1) is 5.92 Å². The van der Waals surface area contributed by atoms with Crippen LogP contribution in [-0.2, 0) is 4.79 Å². The molecule has 1 fully saturated rings. The molecule has 2 aromatic rings. The van der Waals surface area contributed by atoms with Gasteiger partial charge in [0.2, 0.25) is 5.91 Å². The molecule has 7 heteroatoms. The number of primary amides is 1. The van der Waals surface area contributed by atoms with E-state index in [0.29, 0.717) is 11.7 Å². The number of hydrogen-bond donors (Lipinski definition) is 2.